The van der Waals surface area contributed by atoms with Gasteiger partial charge in [-0.15, -0.1) is 37.2 Å². The Morgan fingerprint density at radius 2 is 1.89 bits per heavy atom. The first-order valence-corrected chi connectivity index (χ1v) is 5.31. The highest BCUT2D eigenvalue weighted by Gasteiger charge is 2.12. The maximum Gasteiger partial charge on any atom is 0.141 e. The zero-order valence-corrected chi connectivity index (χ0v) is 12.7. The minimum atomic E-state index is -0.578. The van der Waals surface area contributed by atoms with Crippen molar-refractivity contribution in [3.05, 3.63) is 23.9 Å². The lowest BCUT2D eigenvalue weighted by Gasteiger charge is -2.27. The lowest BCUT2D eigenvalue weighted by Crippen LogP contribution is -2.36. The fraction of sp³-hybridized carbons (Fsp3) is 0.455. The number of anilines is 1. The van der Waals surface area contributed by atoms with Crippen LogP contribution in [-0.2, 0) is 9.53 Å². The van der Waals surface area contributed by atoms with Gasteiger partial charge in [0.05, 0.1) is 19.3 Å². The largest absolute Gasteiger partial charge is 0.378 e. The van der Waals surface area contributed by atoms with Crippen LogP contribution in [0.5, 0.6) is 0 Å². The molecule has 1 aliphatic heterocycles. The quantitative estimate of drug-likeness (QED) is 0.848. The van der Waals surface area contributed by atoms with Gasteiger partial charge >= 0.3 is 0 Å². The van der Waals surface area contributed by atoms with Gasteiger partial charge in [-0.2, -0.15) is 0 Å². The Balaban J connectivity index is 0. The molecule has 0 aromatic carbocycles. The molecule has 1 fully saturated rings. The molecule has 2 rings (SSSR count). The van der Waals surface area contributed by atoms with Crippen LogP contribution in [0.3, 0.4) is 0 Å². The summed E-state index contributed by atoms with van der Waals surface area (Å²) >= 11 is 0. The van der Waals surface area contributed by atoms with Crippen molar-refractivity contribution in [3.63, 3.8) is 0 Å². The van der Waals surface area contributed by atoms with Crippen molar-refractivity contribution in [3.8, 4) is 0 Å². The smallest absolute Gasteiger partial charge is 0.141 e. The molecule has 2 heterocycles. The number of hydrogen-bond donors (Lipinski definition) is 1. The van der Waals surface area contributed by atoms with Gasteiger partial charge in [0.25, 0.3) is 0 Å². The van der Waals surface area contributed by atoms with E-state index in [1.807, 2.05) is 12.1 Å². The molecular weight excluding hydrogens is 312 g/mol. The molecule has 0 spiro atoms. The van der Waals surface area contributed by atoms with Crippen molar-refractivity contribution in [1.29, 1.82) is 0 Å². The molecule has 1 atom stereocenters. The van der Waals surface area contributed by atoms with E-state index in [2.05, 4.69) is 9.88 Å². The summed E-state index contributed by atoms with van der Waals surface area (Å²) < 4.78 is 5.26. The van der Waals surface area contributed by atoms with E-state index in [0.29, 0.717) is 6.29 Å². The highest BCUT2D eigenvalue weighted by atomic mass is 35.5. The molecular formula is C11H18Cl3N3O2. The van der Waals surface area contributed by atoms with Gasteiger partial charge in [-0.05, 0) is 11.6 Å². The summed E-state index contributed by atoms with van der Waals surface area (Å²) in [6.45, 7) is 3.17. The second-order valence-corrected chi connectivity index (χ2v) is 3.71. The van der Waals surface area contributed by atoms with Gasteiger partial charge in [0.2, 0.25) is 0 Å². The van der Waals surface area contributed by atoms with E-state index in [0.717, 1.165) is 37.7 Å². The van der Waals surface area contributed by atoms with Crippen molar-refractivity contribution in [2.45, 2.75) is 6.04 Å². The molecule has 1 aromatic heterocycles. The Hall–Kier alpha value is -0.590. The minimum Gasteiger partial charge on any atom is -0.378 e. The number of ether oxygens (including phenoxy) is 1. The van der Waals surface area contributed by atoms with Crippen molar-refractivity contribution in [2.24, 2.45) is 5.73 Å². The first-order valence-electron chi connectivity index (χ1n) is 5.31. The summed E-state index contributed by atoms with van der Waals surface area (Å²) in [7, 11) is 0. The summed E-state index contributed by atoms with van der Waals surface area (Å²) in [5.74, 6) is 0.908. The summed E-state index contributed by atoms with van der Waals surface area (Å²) in [5, 5.41) is 0. The number of rotatable bonds is 3. The molecule has 110 valence electrons. The number of pyridine rings is 1. The maximum absolute atomic E-state index is 10.5. The molecule has 0 aliphatic carbocycles. The van der Waals surface area contributed by atoms with Gasteiger partial charge < -0.3 is 20.2 Å². The zero-order valence-electron chi connectivity index (χ0n) is 10.2. The predicted octanol–water partition coefficient (Wildman–Crippen LogP) is 1.38. The first-order chi connectivity index (χ1) is 7.81. The number of morpholine rings is 1. The maximum atomic E-state index is 10.5. The number of hydrogen-bond acceptors (Lipinski definition) is 5. The standard InChI is InChI=1S/C11H15N3O2.3ClH/c12-10(8-15)9-1-2-11(13-7-9)14-3-5-16-6-4-14;;;/h1-2,7-8,10H,3-6,12H2;3*1H. The van der Waals surface area contributed by atoms with Crippen LogP contribution < -0.4 is 10.6 Å². The highest BCUT2D eigenvalue weighted by molar-refractivity contribution is 5.86. The van der Waals surface area contributed by atoms with E-state index >= 15 is 0 Å². The number of carbonyl (C=O) groups excluding carboxylic acids is 1. The summed E-state index contributed by atoms with van der Waals surface area (Å²) in [6, 6.07) is 3.16. The number of halogens is 3. The molecule has 1 aromatic rings. The number of carbonyl (C=O) groups is 1. The van der Waals surface area contributed by atoms with Gasteiger partial charge in [-0.1, -0.05) is 6.07 Å². The zero-order chi connectivity index (χ0) is 11.4. The number of aromatic nitrogens is 1. The van der Waals surface area contributed by atoms with E-state index < -0.39 is 6.04 Å². The lowest BCUT2D eigenvalue weighted by molar-refractivity contribution is -0.109. The van der Waals surface area contributed by atoms with Crippen LogP contribution >= 0.6 is 37.2 Å². The SMILES string of the molecule is Cl.Cl.Cl.NC(C=O)c1ccc(N2CCOCC2)nc1. The van der Waals surface area contributed by atoms with Crippen molar-refractivity contribution >= 4 is 49.3 Å². The topological polar surface area (TPSA) is 68.5 Å². The molecule has 1 aliphatic rings. The van der Waals surface area contributed by atoms with E-state index in [9.17, 15) is 4.79 Å². The monoisotopic (exact) mass is 329 g/mol. The third kappa shape index (κ3) is 5.50. The molecule has 1 saturated heterocycles. The normalized spacial score (nSPS) is 15.3. The van der Waals surface area contributed by atoms with Gasteiger partial charge in [0.1, 0.15) is 12.1 Å². The second kappa shape index (κ2) is 10.2. The van der Waals surface area contributed by atoms with E-state index in [4.69, 9.17) is 10.5 Å². The molecule has 8 heteroatoms. The van der Waals surface area contributed by atoms with Crippen molar-refractivity contribution in [2.75, 3.05) is 31.2 Å². The van der Waals surface area contributed by atoms with Crippen molar-refractivity contribution in [1.82, 2.24) is 4.98 Å². The Labute approximate surface area is 131 Å². The van der Waals surface area contributed by atoms with Gasteiger partial charge in [-0.3, -0.25) is 0 Å². The van der Waals surface area contributed by atoms with Gasteiger partial charge in [0, 0.05) is 19.3 Å². The Morgan fingerprint density at radius 3 is 2.37 bits per heavy atom. The number of aldehydes is 1. The predicted molar refractivity (Wildman–Crippen MR) is 82.0 cm³/mol. The summed E-state index contributed by atoms with van der Waals surface area (Å²) in [6.07, 6.45) is 2.37. The molecule has 19 heavy (non-hydrogen) atoms. The molecule has 5 nitrogen and oxygen atoms in total. The third-order valence-corrected chi connectivity index (χ3v) is 2.64. The molecule has 0 amide bonds. The van der Waals surface area contributed by atoms with Crippen LogP contribution in [0, 0.1) is 0 Å². The lowest BCUT2D eigenvalue weighted by atomic mass is 10.1. The second-order valence-electron chi connectivity index (χ2n) is 3.71. The molecule has 0 bridgehead atoms. The van der Waals surface area contributed by atoms with E-state index in [1.165, 1.54) is 0 Å². The van der Waals surface area contributed by atoms with Crippen LogP contribution in [0.25, 0.3) is 0 Å². The fourth-order valence-corrected chi connectivity index (χ4v) is 1.65. The average molecular weight is 331 g/mol. The molecule has 0 saturated carbocycles. The third-order valence-electron chi connectivity index (χ3n) is 2.64. The first kappa shape index (κ1) is 20.7. The van der Waals surface area contributed by atoms with Crippen molar-refractivity contribution < 1.29 is 9.53 Å². The van der Waals surface area contributed by atoms with Crippen LogP contribution in [0.4, 0.5) is 5.82 Å². The van der Waals surface area contributed by atoms with E-state index in [-0.39, 0.29) is 37.2 Å². The van der Waals surface area contributed by atoms with E-state index in [1.54, 1.807) is 6.20 Å². The van der Waals surface area contributed by atoms with Crippen LogP contribution in [-0.4, -0.2) is 37.6 Å². The Bertz CT molecular complexity index is 359. The highest BCUT2D eigenvalue weighted by Crippen LogP contribution is 2.15. The molecule has 1 unspecified atom stereocenters. The number of nitrogens with zero attached hydrogens (tertiary/aromatic N) is 2. The number of nitrogens with two attached hydrogens (primary N) is 1. The van der Waals surface area contributed by atoms with Crippen LogP contribution in [0.1, 0.15) is 11.6 Å². The summed E-state index contributed by atoms with van der Waals surface area (Å²) in [5.41, 5.74) is 6.32. The Morgan fingerprint density at radius 1 is 1.26 bits per heavy atom. The molecule has 2 N–H and O–H groups in total. The Kier molecular flexibility index (Phi) is 11.2. The van der Waals surface area contributed by atoms with Gasteiger partial charge in [-0.25, -0.2) is 4.98 Å². The average Bonchev–Trinajstić information content (AvgIpc) is 2.39. The molecule has 0 radical (unpaired) electrons. The van der Waals surface area contributed by atoms with Gasteiger partial charge in [0.15, 0.2) is 0 Å². The van der Waals surface area contributed by atoms with Crippen LogP contribution in [0.2, 0.25) is 0 Å². The minimum absolute atomic E-state index is 0. The van der Waals surface area contributed by atoms with Crippen LogP contribution in [0.15, 0.2) is 18.3 Å². The summed E-state index contributed by atoms with van der Waals surface area (Å²) in [4.78, 5) is 17.0. The fourth-order valence-electron chi connectivity index (χ4n) is 1.65.